The second kappa shape index (κ2) is 17.4. The third kappa shape index (κ3) is 8.61. The molecule has 0 radical (unpaired) electrons. The number of carbonyl (C=O) groups excluding carboxylic acids is 3. The summed E-state index contributed by atoms with van der Waals surface area (Å²) in [5.41, 5.74) is 19.3. The van der Waals surface area contributed by atoms with Crippen LogP contribution in [-0.4, -0.2) is 112 Å². The molecule has 8 heterocycles. The summed E-state index contributed by atoms with van der Waals surface area (Å²) in [4.78, 5) is 45.3. The molecule has 2 amide bonds. The van der Waals surface area contributed by atoms with E-state index >= 15 is 0 Å². The van der Waals surface area contributed by atoms with Crippen LogP contribution < -0.4 is 32.7 Å². The Morgan fingerprint density at radius 1 is 0.759 bits per heavy atom. The number of nitrogens with one attached hydrogen (secondary N) is 4. The molecule has 0 aliphatic carbocycles. The number of nitrogens with zero attached hydrogens (tertiary/aromatic N) is 10. The normalized spacial score (nSPS) is 19.4. The van der Waals surface area contributed by atoms with Crippen LogP contribution >= 0.6 is 0 Å². The zero-order valence-corrected chi connectivity index (χ0v) is 33.1. The number of hydrogen-bond donors (Lipinski definition) is 6. The summed E-state index contributed by atoms with van der Waals surface area (Å²) >= 11 is 0. The summed E-state index contributed by atoms with van der Waals surface area (Å²) in [5.74, 6) is 1.01. The number of aromatic nitrogens is 10. The number of carbonyl (C=O) groups is 3. The van der Waals surface area contributed by atoms with Gasteiger partial charge in [-0.05, 0) is 32.6 Å². The van der Waals surface area contributed by atoms with Crippen molar-refractivity contribution in [2.24, 2.45) is 14.1 Å². The summed E-state index contributed by atoms with van der Waals surface area (Å²) < 4.78 is 11.6. The van der Waals surface area contributed by atoms with Crippen LogP contribution in [0.15, 0.2) is 49.3 Å². The molecule has 306 valence electrons. The van der Waals surface area contributed by atoms with Crippen molar-refractivity contribution in [2.75, 3.05) is 44.8 Å². The highest BCUT2D eigenvalue weighted by atomic mass is 16.5. The van der Waals surface area contributed by atoms with Crippen molar-refractivity contribution in [3.8, 4) is 22.3 Å². The van der Waals surface area contributed by atoms with E-state index in [0.29, 0.717) is 43.4 Å². The number of esters is 1. The van der Waals surface area contributed by atoms with Crippen molar-refractivity contribution >= 4 is 40.7 Å². The number of nitrogen functional groups attached to an aromatic ring is 2. The topological polar surface area (TPSA) is 257 Å². The first-order chi connectivity index (χ1) is 28.0. The molecule has 2 saturated heterocycles. The zero-order valence-electron chi connectivity index (χ0n) is 33.1. The van der Waals surface area contributed by atoms with Gasteiger partial charge in [0.05, 0.1) is 61.3 Å². The quantitative estimate of drug-likeness (QED) is 0.106. The van der Waals surface area contributed by atoms with Crippen LogP contribution in [0.4, 0.5) is 11.6 Å². The lowest BCUT2D eigenvalue weighted by Gasteiger charge is -2.29. The lowest BCUT2D eigenvalue weighted by atomic mass is 9.91. The van der Waals surface area contributed by atoms with Crippen molar-refractivity contribution < 1.29 is 19.1 Å². The Bertz CT molecular complexity index is 2400. The van der Waals surface area contributed by atoms with Gasteiger partial charge < -0.3 is 37.5 Å². The molecule has 0 aromatic carbocycles. The largest absolute Gasteiger partial charge is 0.466 e. The van der Waals surface area contributed by atoms with E-state index in [-0.39, 0.29) is 54.7 Å². The number of amides is 2. The minimum Gasteiger partial charge on any atom is -0.466 e. The molecule has 2 fully saturated rings. The average Bonchev–Trinajstić information content (AvgIpc) is 4.05. The van der Waals surface area contributed by atoms with Crippen LogP contribution in [0.25, 0.3) is 33.5 Å². The molecule has 0 unspecified atom stereocenters. The van der Waals surface area contributed by atoms with Gasteiger partial charge in [-0.25, -0.2) is 9.97 Å². The number of ether oxygens (including phenoxy) is 1. The summed E-state index contributed by atoms with van der Waals surface area (Å²) in [6.45, 7) is 3.66. The summed E-state index contributed by atoms with van der Waals surface area (Å²) in [6, 6.07) is 3.28. The number of nitrogens with two attached hydrogens (primary N) is 2. The Morgan fingerprint density at radius 2 is 1.26 bits per heavy atom. The highest BCUT2D eigenvalue weighted by Crippen LogP contribution is 2.31. The predicted octanol–water partition coefficient (Wildman–Crippen LogP) is 0.911. The first-order valence-corrected chi connectivity index (χ1v) is 19.4. The van der Waals surface area contributed by atoms with E-state index in [4.69, 9.17) is 26.2 Å². The number of rotatable bonds is 10. The molecule has 2 aliphatic rings. The lowest BCUT2D eigenvalue weighted by Crippen LogP contribution is -2.48. The number of aryl methyl sites for hydroxylation is 2. The first-order valence-electron chi connectivity index (χ1n) is 19.4. The molecule has 2 aliphatic heterocycles. The molecule has 6 aromatic rings. The molecule has 8 rings (SSSR count). The highest BCUT2D eigenvalue weighted by molar-refractivity contribution is 5.83. The van der Waals surface area contributed by atoms with Gasteiger partial charge in [-0.3, -0.25) is 23.7 Å². The molecule has 4 atom stereocenters. The zero-order chi connectivity index (χ0) is 40.9. The average molecular weight is 795 g/mol. The van der Waals surface area contributed by atoms with Crippen molar-refractivity contribution in [1.29, 1.82) is 0 Å². The van der Waals surface area contributed by atoms with Crippen LogP contribution in [-0.2, 0) is 33.2 Å². The maximum absolute atomic E-state index is 12.4. The molecule has 20 nitrogen and oxygen atoms in total. The SMILES string of the molecule is CCOC(=O)CCNC(=O)[C@@H]1CC[C@H](c2cc(N)n3ncc(-c4cnn(C)c4)c3n2)CN1.CNC(=O)[C@@H]1CC[C@H](c2cc(N)n3ncc(-c4cnn(C)c4)c3n2)CN1. The highest BCUT2D eigenvalue weighted by Gasteiger charge is 2.29. The molecule has 6 aromatic heterocycles. The monoisotopic (exact) mass is 794 g/mol. The fraction of sp³-hybridized carbons (Fsp3) is 0.447. The van der Waals surface area contributed by atoms with Gasteiger partial charge in [-0.15, -0.1) is 0 Å². The fourth-order valence-corrected chi connectivity index (χ4v) is 7.44. The van der Waals surface area contributed by atoms with Gasteiger partial charge in [0.1, 0.15) is 11.6 Å². The third-order valence-electron chi connectivity index (χ3n) is 10.5. The van der Waals surface area contributed by atoms with Gasteiger partial charge in [0.25, 0.3) is 0 Å². The van der Waals surface area contributed by atoms with Crippen molar-refractivity contribution in [3.05, 3.63) is 60.7 Å². The predicted molar refractivity (Wildman–Crippen MR) is 215 cm³/mol. The molecule has 8 N–H and O–H groups in total. The van der Waals surface area contributed by atoms with E-state index in [2.05, 4.69) is 41.7 Å². The number of likely N-dealkylation sites (N-methyl/N-ethyl adjacent to an activating group) is 1. The molecule has 0 spiro atoms. The van der Waals surface area contributed by atoms with Gasteiger partial charge in [0.2, 0.25) is 11.8 Å². The maximum atomic E-state index is 12.4. The van der Waals surface area contributed by atoms with Crippen molar-refractivity contribution in [3.63, 3.8) is 0 Å². The second-order valence-corrected chi connectivity index (χ2v) is 14.5. The molecular formula is C38H50N16O4. The number of piperidine rings is 2. The fourth-order valence-electron chi connectivity index (χ4n) is 7.44. The minimum absolute atomic E-state index is 0.0287. The number of fused-ring (bicyclic) bond motifs is 2. The van der Waals surface area contributed by atoms with E-state index in [1.54, 1.807) is 57.2 Å². The molecule has 20 heteroatoms. The minimum atomic E-state index is -0.311. The van der Waals surface area contributed by atoms with E-state index in [1.807, 2.05) is 38.6 Å². The van der Waals surface area contributed by atoms with Crippen molar-refractivity contribution in [2.45, 2.75) is 62.9 Å². The molecule has 58 heavy (non-hydrogen) atoms. The van der Waals surface area contributed by atoms with E-state index < -0.39 is 0 Å². The Morgan fingerprint density at radius 3 is 1.67 bits per heavy atom. The van der Waals surface area contributed by atoms with Crippen molar-refractivity contribution in [1.82, 2.24) is 70.0 Å². The van der Waals surface area contributed by atoms with E-state index in [0.717, 1.165) is 58.6 Å². The number of hydrogen-bond acceptors (Lipinski definition) is 14. The first kappa shape index (κ1) is 39.8. The van der Waals surface area contributed by atoms with E-state index in [9.17, 15) is 14.4 Å². The summed E-state index contributed by atoms with van der Waals surface area (Å²) in [7, 11) is 5.39. The molecular weight excluding hydrogens is 745 g/mol. The van der Waals surface area contributed by atoms with Gasteiger partial charge in [-0.2, -0.15) is 29.4 Å². The Balaban J connectivity index is 0.000000180. The summed E-state index contributed by atoms with van der Waals surface area (Å²) in [5, 5.41) is 29.3. The van der Waals surface area contributed by atoms with Gasteiger partial charge >= 0.3 is 5.97 Å². The lowest BCUT2D eigenvalue weighted by molar-refractivity contribution is -0.143. The Labute approximate surface area is 334 Å². The van der Waals surface area contributed by atoms with E-state index in [1.165, 1.54) is 0 Å². The standard InChI is InChI=1S/C21H28N8O3.C17H22N8O/c1-3-32-19(30)6-7-23-21(31)16-5-4-13(9-24-16)17-8-18(22)29-20(27-17)15(11-26-29)14-10-25-28(2)12-14;1-19-17(26)13-4-3-10(6-20-13)14-5-15(18)25-16(23-14)12(8-22-25)11-7-21-24(2)9-11/h8,10-13,16,24H,3-7,9,22H2,1-2H3,(H,23,31);5,7-10,13,20H,3-4,6,18H2,1-2H3,(H,19,26)/t13-,16-;10-,13-/m00/s1. The van der Waals surface area contributed by atoms with Crippen LogP contribution in [0.2, 0.25) is 0 Å². The second-order valence-electron chi connectivity index (χ2n) is 14.5. The van der Waals surface area contributed by atoms with Gasteiger partial charge in [-0.1, -0.05) is 0 Å². The van der Waals surface area contributed by atoms with Gasteiger partial charge in [0.15, 0.2) is 11.3 Å². The van der Waals surface area contributed by atoms with Crippen LogP contribution in [0.1, 0.15) is 62.3 Å². The maximum Gasteiger partial charge on any atom is 0.307 e. The van der Waals surface area contributed by atoms with Crippen LogP contribution in [0, 0.1) is 0 Å². The van der Waals surface area contributed by atoms with Crippen LogP contribution in [0.3, 0.4) is 0 Å². The van der Waals surface area contributed by atoms with Crippen LogP contribution in [0.5, 0.6) is 0 Å². The molecule has 0 bridgehead atoms. The Kier molecular flexibility index (Phi) is 11.9. The summed E-state index contributed by atoms with van der Waals surface area (Å²) in [6.07, 6.45) is 14.2. The smallest absolute Gasteiger partial charge is 0.307 e. The number of anilines is 2. The van der Waals surface area contributed by atoms with Gasteiger partial charge in [0, 0.05) is 99.4 Å². The molecule has 0 saturated carbocycles. The Hall–Kier alpha value is -6.41. The third-order valence-corrected chi connectivity index (χ3v) is 10.5.